The molecular formula is C22H26N2O7. The van der Waals surface area contributed by atoms with Gasteiger partial charge >= 0.3 is 11.9 Å². The van der Waals surface area contributed by atoms with Gasteiger partial charge in [-0.15, -0.1) is 0 Å². The topological polar surface area (TPSA) is 133 Å². The minimum atomic E-state index is -1.94. The minimum absolute atomic E-state index is 0.225. The molecule has 4 rings (SSSR count). The lowest BCUT2D eigenvalue weighted by Crippen LogP contribution is -2.59. The number of ether oxygens (including phenoxy) is 1. The van der Waals surface area contributed by atoms with Gasteiger partial charge in [-0.1, -0.05) is 31.4 Å². The largest absolute Gasteiger partial charge is 0.480 e. The summed E-state index contributed by atoms with van der Waals surface area (Å²) in [6.07, 6.45) is 4.31. The number of nitrogens with one attached hydrogen (secondary N) is 1. The van der Waals surface area contributed by atoms with Crippen LogP contribution in [0.4, 0.5) is 0 Å². The Morgan fingerprint density at radius 2 is 1.77 bits per heavy atom. The van der Waals surface area contributed by atoms with E-state index in [2.05, 4.69) is 5.32 Å². The Morgan fingerprint density at radius 1 is 1.13 bits per heavy atom. The van der Waals surface area contributed by atoms with E-state index in [9.17, 15) is 29.4 Å². The number of rotatable bonds is 5. The quantitative estimate of drug-likeness (QED) is 0.358. The third kappa shape index (κ3) is 3.41. The molecule has 31 heavy (non-hydrogen) atoms. The number of hydrogen-bond donors (Lipinski definition) is 3. The fourth-order valence-electron chi connectivity index (χ4n) is 5.33. The van der Waals surface area contributed by atoms with Crippen LogP contribution in [0.5, 0.6) is 5.75 Å². The molecule has 4 atom stereocenters. The molecule has 3 aliphatic rings. The van der Waals surface area contributed by atoms with Crippen LogP contribution in [0, 0.1) is 11.8 Å². The molecule has 2 amide bonds. The summed E-state index contributed by atoms with van der Waals surface area (Å²) in [4.78, 5) is 51.4. The van der Waals surface area contributed by atoms with E-state index < -0.39 is 47.9 Å². The van der Waals surface area contributed by atoms with Crippen LogP contribution in [0.25, 0.3) is 0 Å². The second-order valence-electron chi connectivity index (χ2n) is 8.56. The molecule has 1 saturated carbocycles. The van der Waals surface area contributed by atoms with E-state index in [1.165, 1.54) is 11.8 Å². The van der Waals surface area contributed by atoms with Gasteiger partial charge in [0.15, 0.2) is 5.54 Å². The molecule has 3 N–H and O–H groups in total. The monoisotopic (exact) mass is 430 g/mol. The van der Waals surface area contributed by atoms with Crippen LogP contribution in [-0.4, -0.2) is 57.1 Å². The van der Waals surface area contributed by atoms with Gasteiger partial charge in [0.2, 0.25) is 11.8 Å². The molecule has 2 saturated heterocycles. The first-order valence-electron chi connectivity index (χ1n) is 10.6. The summed E-state index contributed by atoms with van der Waals surface area (Å²) in [6.45, 7) is 0.464. The molecule has 0 spiro atoms. The van der Waals surface area contributed by atoms with Crippen LogP contribution >= 0.6 is 0 Å². The lowest BCUT2D eigenvalue weighted by Gasteiger charge is -2.33. The Bertz CT molecular complexity index is 909. The third-order valence-corrected chi connectivity index (χ3v) is 6.76. The zero-order valence-electron chi connectivity index (χ0n) is 17.2. The Hall–Kier alpha value is -2.78. The molecule has 1 aromatic carbocycles. The van der Waals surface area contributed by atoms with Crippen molar-refractivity contribution in [1.82, 2.24) is 10.2 Å². The fourth-order valence-corrected chi connectivity index (χ4v) is 5.33. The molecule has 1 aliphatic carbocycles. The van der Waals surface area contributed by atoms with E-state index in [0.29, 0.717) is 24.2 Å². The van der Waals surface area contributed by atoms with Crippen molar-refractivity contribution in [2.24, 2.45) is 11.8 Å². The van der Waals surface area contributed by atoms with Gasteiger partial charge in [-0.05, 0) is 30.5 Å². The molecule has 3 fully saturated rings. The maximum absolute atomic E-state index is 13.4. The van der Waals surface area contributed by atoms with Crippen molar-refractivity contribution in [2.75, 3.05) is 6.61 Å². The molecular weight excluding hydrogens is 404 g/mol. The number of likely N-dealkylation sites (tertiary alicyclic amines) is 1. The smallest absolute Gasteiger partial charge is 0.327 e. The molecule has 0 radical (unpaired) electrons. The molecule has 2 aliphatic heterocycles. The zero-order valence-corrected chi connectivity index (χ0v) is 17.2. The first-order valence-corrected chi connectivity index (χ1v) is 10.6. The van der Waals surface area contributed by atoms with Crippen LogP contribution in [0.15, 0.2) is 24.3 Å². The van der Waals surface area contributed by atoms with E-state index in [-0.39, 0.29) is 11.9 Å². The summed E-state index contributed by atoms with van der Waals surface area (Å²) < 4.78 is 5.03. The Kier molecular flexibility index (Phi) is 5.57. The fraction of sp³-hybridized carbons (Fsp3) is 0.545. The highest BCUT2D eigenvalue weighted by atomic mass is 16.5. The second kappa shape index (κ2) is 8.05. The van der Waals surface area contributed by atoms with Crippen molar-refractivity contribution in [3.8, 4) is 5.75 Å². The first-order chi connectivity index (χ1) is 14.8. The second-order valence-corrected chi connectivity index (χ2v) is 8.56. The van der Waals surface area contributed by atoms with Crippen LogP contribution in [0.2, 0.25) is 0 Å². The number of benzene rings is 1. The van der Waals surface area contributed by atoms with Crippen molar-refractivity contribution in [2.45, 2.75) is 56.7 Å². The number of aliphatic hydroxyl groups is 1. The average molecular weight is 430 g/mol. The molecule has 4 unspecified atom stereocenters. The van der Waals surface area contributed by atoms with E-state index in [1.54, 1.807) is 24.3 Å². The maximum Gasteiger partial charge on any atom is 0.327 e. The predicted octanol–water partition coefficient (Wildman–Crippen LogP) is 1.01. The van der Waals surface area contributed by atoms with Crippen molar-refractivity contribution < 1.29 is 34.1 Å². The number of aliphatic carboxylic acids is 1. The number of carbonyl (C=O) groups excluding carboxylic acids is 3. The van der Waals surface area contributed by atoms with Crippen LogP contribution in [0.1, 0.15) is 50.6 Å². The number of carbonyl (C=O) groups is 4. The number of imide groups is 1. The maximum atomic E-state index is 13.4. The highest BCUT2D eigenvalue weighted by Gasteiger charge is 2.69. The number of aliphatic hydroxyl groups excluding tert-OH is 1. The number of carboxylic acid groups (broad SMARTS) is 1. The average Bonchev–Trinajstić information content (AvgIpc) is 3.23. The Labute approximate surface area is 179 Å². The summed E-state index contributed by atoms with van der Waals surface area (Å²) in [7, 11) is 0. The third-order valence-electron chi connectivity index (χ3n) is 6.76. The zero-order chi connectivity index (χ0) is 22.3. The number of carboxylic acids is 1. The van der Waals surface area contributed by atoms with Gasteiger partial charge in [0.05, 0.1) is 18.4 Å². The molecule has 9 heteroatoms. The van der Waals surface area contributed by atoms with E-state index >= 15 is 0 Å². The molecule has 0 bridgehead atoms. The summed E-state index contributed by atoms with van der Waals surface area (Å²) in [5, 5.41) is 22.9. The van der Waals surface area contributed by atoms with Crippen LogP contribution in [-0.2, 0) is 19.2 Å². The Morgan fingerprint density at radius 3 is 2.32 bits per heavy atom. The summed E-state index contributed by atoms with van der Waals surface area (Å²) in [5.74, 6) is -4.56. The normalized spacial score (nSPS) is 31.0. The van der Waals surface area contributed by atoms with E-state index in [1.807, 2.05) is 0 Å². The number of hydrogen-bond acceptors (Lipinski definition) is 7. The number of nitrogens with zero attached hydrogens (tertiary/aromatic N) is 1. The van der Waals surface area contributed by atoms with Gasteiger partial charge in [0.25, 0.3) is 0 Å². The number of fused-ring (bicyclic) bond motifs is 1. The SMILES string of the molecule is CC(=O)Oc1ccc(C2NC(CO)(C(=O)O)C3C(=O)N(C4CCCCC4)C(=O)C23)cc1. The van der Waals surface area contributed by atoms with Gasteiger partial charge in [0.1, 0.15) is 5.75 Å². The van der Waals surface area contributed by atoms with Crippen molar-refractivity contribution in [1.29, 1.82) is 0 Å². The van der Waals surface area contributed by atoms with Crippen molar-refractivity contribution in [3.05, 3.63) is 29.8 Å². The molecule has 166 valence electrons. The van der Waals surface area contributed by atoms with Gasteiger partial charge in [0, 0.05) is 19.0 Å². The molecule has 0 aromatic heterocycles. The molecule has 1 aromatic rings. The number of amides is 2. The van der Waals surface area contributed by atoms with Gasteiger partial charge < -0.3 is 14.9 Å². The van der Waals surface area contributed by atoms with Gasteiger partial charge in [-0.2, -0.15) is 0 Å². The van der Waals surface area contributed by atoms with E-state index in [4.69, 9.17) is 4.74 Å². The number of esters is 1. The highest BCUT2D eigenvalue weighted by Crippen LogP contribution is 2.50. The van der Waals surface area contributed by atoms with E-state index in [0.717, 1.165) is 19.3 Å². The van der Waals surface area contributed by atoms with Crippen LogP contribution < -0.4 is 10.1 Å². The Balaban J connectivity index is 1.72. The summed E-state index contributed by atoms with van der Waals surface area (Å²) in [6, 6.07) is 5.36. The summed E-state index contributed by atoms with van der Waals surface area (Å²) >= 11 is 0. The van der Waals surface area contributed by atoms with Crippen molar-refractivity contribution >= 4 is 23.8 Å². The van der Waals surface area contributed by atoms with Gasteiger partial charge in [-0.3, -0.25) is 29.4 Å². The highest BCUT2D eigenvalue weighted by molar-refractivity contribution is 6.09. The summed E-state index contributed by atoms with van der Waals surface area (Å²) in [5.41, 5.74) is -1.37. The molecule has 2 heterocycles. The lowest BCUT2D eigenvalue weighted by atomic mass is 9.79. The standard InChI is InChI=1S/C22H26N2O7/c1-12(26)31-15-9-7-13(8-10-15)18-16-17(22(11-25,23-18)21(29)30)20(28)24(19(16)27)14-5-3-2-4-6-14/h7-10,14,16-18,23,25H,2-6,11H2,1H3,(H,29,30). The predicted molar refractivity (Wildman–Crippen MR) is 107 cm³/mol. The van der Waals surface area contributed by atoms with Gasteiger partial charge in [-0.25, -0.2) is 0 Å². The lowest BCUT2D eigenvalue weighted by molar-refractivity contribution is -0.154. The van der Waals surface area contributed by atoms with Crippen molar-refractivity contribution in [3.63, 3.8) is 0 Å². The minimum Gasteiger partial charge on any atom is -0.480 e. The first kappa shape index (κ1) is 21.5. The molecule has 9 nitrogen and oxygen atoms in total. The van der Waals surface area contributed by atoms with Crippen LogP contribution in [0.3, 0.4) is 0 Å².